The lowest BCUT2D eigenvalue weighted by Gasteiger charge is -2.30. The van der Waals surface area contributed by atoms with Crippen molar-refractivity contribution in [1.29, 1.82) is 0 Å². The van der Waals surface area contributed by atoms with E-state index in [1.54, 1.807) is 12.1 Å². The third-order valence-corrected chi connectivity index (χ3v) is 4.04. The van der Waals surface area contributed by atoms with Gasteiger partial charge < -0.3 is 10.2 Å². The van der Waals surface area contributed by atoms with Gasteiger partial charge in [0, 0.05) is 5.41 Å². The Morgan fingerprint density at radius 1 is 0.857 bits per heavy atom. The number of aliphatic hydroxyl groups excluding tert-OH is 2. The average molecular weight is 288 g/mol. The number of halogens is 1. The summed E-state index contributed by atoms with van der Waals surface area (Å²) >= 11 is 0. The number of hydrogen-bond acceptors (Lipinski definition) is 2. The van der Waals surface area contributed by atoms with Gasteiger partial charge in [-0.2, -0.15) is 0 Å². The molecule has 2 aromatic carbocycles. The minimum Gasteiger partial charge on any atom is -0.395 e. The van der Waals surface area contributed by atoms with Crippen molar-refractivity contribution >= 4 is 0 Å². The molecule has 0 spiro atoms. The van der Waals surface area contributed by atoms with Gasteiger partial charge in [-0.25, -0.2) is 4.39 Å². The lowest BCUT2D eigenvalue weighted by molar-refractivity contribution is 0.116. The quantitative estimate of drug-likeness (QED) is 0.858. The normalized spacial score (nSPS) is 11.6. The smallest absolute Gasteiger partial charge is 0.123 e. The van der Waals surface area contributed by atoms with Crippen molar-refractivity contribution in [3.8, 4) is 0 Å². The van der Waals surface area contributed by atoms with Gasteiger partial charge in [0.2, 0.25) is 0 Å². The second-order valence-electron chi connectivity index (χ2n) is 5.45. The maximum absolute atomic E-state index is 13.1. The first-order valence-electron chi connectivity index (χ1n) is 7.19. The highest BCUT2D eigenvalue weighted by Crippen LogP contribution is 2.28. The Balaban J connectivity index is 2.30. The molecule has 0 fully saturated rings. The largest absolute Gasteiger partial charge is 0.395 e. The number of benzene rings is 2. The van der Waals surface area contributed by atoms with Gasteiger partial charge in [-0.3, -0.25) is 0 Å². The molecule has 0 aliphatic heterocycles. The molecule has 0 aliphatic carbocycles. The predicted octanol–water partition coefficient (Wildman–Crippen LogP) is 2.85. The molecule has 0 bridgehead atoms. The summed E-state index contributed by atoms with van der Waals surface area (Å²) in [6.45, 7) is 1.72. The highest BCUT2D eigenvalue weighted by molar-refractivity contribution is 5.31. The molecule has 0 atom stereocenters. The van der Waals surface area contributed by atoms with Crippen LogP contribution in [0.3, 0.4) is 0 Å². The second kappa shape index (κ2) is 6.83. The molecule has 2 aromatic rings. The van der Waals surface area contributed by atoms with E-state index >= 15 is 0 Å². The van der Waals surface area contributed by atoms with Gasteiger partial charge in [-0.15, -0.1) is 0 Å². The minimum absolute atomic E-state index is 0.190. The molecule has 2 nitrogen and oxygen atoms in total. The first-order chi connectivity index (χ1) is 10.1. The van der Waals surface area contributed by atoms with Crippen molar-refractivity contribution in [1.82, 2.24) is 0 Å². The molecule has 112 valence electrons. The summed E-state index contributed by atoms with van der Waals surface area (Å²) < 4.78 is 13.1. The van der Waals surface area contributed by atoms with Crippen LogP contribution in [0.5, 0.6) is 0 Å². The summed E-state index contributed by atoms with van der Waals surface area (Å²) in [6.07, 6.45) is 1.49. The summed E-state index contributed by atoms with van der Waals surface area (Å²) in [7, 11) is 0. The molecular weight excluding hydrogens is 267 g/mol. The Morgan fingerprint density at radius 3 is 1.86 bits per heavy atom. The van der Waals surface area contributed by atoms with Gasteiger partial charge in [-0.05, 0) is 41.7 Å². The van der Waals surface area contributed by atoms with Crippen LogP contribution in [-0.2, 0) is 18.3 Å². The van der Waals surface area contributed by atoms with Crippen LogP contribution < -0.4 is 0 Å². The van der Waals surface area contributed by atoms with Crippen LogP contribution in [0.2, 0.25) is 0 Å². The van der Waals surface area contributed by atoms with E-state index in [1.165, 1.54) is 17.7 Å². The molecule has 0 aromatic heterocycles. The van der Waals surface area contributed by atoms with Gasteiger partial charge in [-0.1, -0.05) is 43.3 Å². The Labute approximate surface area is 124 Å². The molecule has 21 heavy (non-hydrogen) atoms. The molecule has 0 amide bonds. The van der Waals surface area contributed by atoms with Crippen LogP contribution in [0.1, 0.15) is 23.6 Å². The van der Waals surface area contributed by atoms with Crippen molar-refractivity contribution in [3.63, 3.8) is 0 Å². The molecule has 2 rings (SSSR count). The van der Waals surface area contributed by atoms with E-state index in [2.05, 4.69) is 19.1 Å². The fourth-order valence-electron chi connectivity index (χ4n) is 2.53. The number of aliphatic hydroxyl groups is 2. The average Bonchev–Trinajstić information content (AvgIpc) is 2.54. The van der Waals surface area contributed by atoms with Crippen LogP contribution in [0.4, 0.5) is 4.39 Å². The van der Waals surface area contributed by atoms with Gasteiger partial charge in [0.1, 0.15) is 5.82 Å². The summed E-state index contributed by atoms with van der Waals surface area (Å²) in [5.41, 5.74) is 2.24. The minimum atomic E-state index is -0.790. The van der Waals surface area contributed by atoms with Gasteiger partial charge >= 0.3 is 0 Å². The molecule has 0 heterocycles. The third kappa shape index (κ3) is 3.49. The SMILES string of the molecule is CCc1ccc(CC(CO)(CO)c2ccc(F)cc2)cc1. The van der Waals surface area contributed by atoms with Crippen LogP contribution >= 0.6 is 0 Å². The van der Waals surface area contributed by atoms with Crippen molar-refractivity contribution in [2.24, 2.45) is 0 Å². The molecule has 0 saturated heterocycles. The summed E-state index contributed by atoms with van der Waals surface area (Å²) in [6, 6.07) is 14.1. The zero-order valence-corrected chi connectivity index (χ0v) is 12.2. The Hall–Kier alpha value is -1.71. The van der Waals surface area contributed by atoms with Gasteiger partial charge in [0.25, 0.3) is 0 Å². The predicted molar refractivity (Wildman–Crippen MR) is 81.8 cm³/mol. The lowest BCUT2D eigenvalue weighted by Crippen LogP contribution is -2.37. The molecule has 0 aliphatic rings. The highest BCUT2D eigenvalue weighted by Gasteiger charge is 2.31. The Kier molecular flexibility index (Phi) is 5.10. The van der Waals surface area contributed by atoms with E-state index in [-0.39, 0.29) is 19.0 Å². The molecule has 0 radical (unpaired) electrons. The van der Waals surface area contributed by atoms with E-state index in [1.807, 2.05) is 12.1 Å². The standard InChI is InChI=1S/C18H21FO2/c1-2-14-3-5-15(6-4-14)11-18(12-20,13-21)16-7-9-17(19)10-8-16/h3-10,20-21H,2,11-13H2,1H3. The zero-order valence-electron chi connectivity index (χ0n) is 12.2. The third-order valence-electron chi connectivity index (χ3n) is 4.04. The summed E-state index contributed by atoms with van der Waals surface area (Å²) in [5.74, 6) is -0.323. The van der Waals surface area contributed by atoms with Crippen LogP contribution in [0.25, 0.3) is 0 Å². The fourth-order valence-corrected chi connectivity index (χ4v) is 2.53. The van der Waals surface area contributed by atoms with Crippen LogP contribution in [0.15, 0.2) is 48.5 Å². The van der Waals surface area contributed by atoms with E-state index < -0.39 is 5.41 Å². The summed E-state index contributed by atoms with van der Waals surface area (Å²) in [4.78, 5) is 0. The monoisotopic (exact) mass is 288 g/mol. The maximum Gasteiger partial charge on any atom is 0.123 e. The lowest BCUT2D eigenvalue weighted by atomic mass is 9.76. The summed E-state index contributed by atoms with van der Waals surface area (Å²) in [5, 5.41) is 19.6. The van der Waals surface area contributed by atoms with E-state index in [9.17, 15) is 14.6 Å². The van der Waals surface area contributed by atoms with Crippen LogP contribution in [-0.4, -0.2) is 23.4 Å². The van der Waals surface area contributed by atoms with Crippen molar-refractivity contribution in [2.75, 3.05) is 13.2 Å². The van der Waals surface area contributed by atoms with Gasteiger partial charge in [0.05, 0.1) is 13.2 Å². The number of rotatable bonds is 6. The van der Waals surface area contributed by atoms with Gasteiger partial charge in [0.15, 0.2) is 0 Å². The molecular formula is C18H21FO2. The Morgan fingerprint density at radius 2 is 1.38 bits per heavy atom. The number of hydrogen-bond donors (Lipinski definition) is 2. The molecule has 2 N–H and O–H groups in total. The Bertz CT molecular complexity index is 557. The molecule has 0 saturated carbocycles. The van der Waals surface area contributed by atoms with E-state index in [4.69, 9.17) is 0 Å². The van der Waals surface area contributed by atoms with Crippen LogP contribution in [0, 0.1) is 5.82 Å². The highest BCUT2D eigenvalue weighted by atomic mass is 19.1. The topological polar surface area (TPSA) is 40.5 Å². The molecule has 0 unspecified atom stereocenters. The van der Waals surface area contributed by atoms with Crippen molar-refractivity contribution in [2.45, 2.75) is 25.2 Å². The first-order valence-corrected chi connectivity index (χ1v) is 7.19. The van der Waals surface area contributed by atoms with E-state index in [0.29, 0.717) is 6.42 Å². The maximum atomic E-state index is 13.1. The second-order valence-corrected chi connectivity index (χ2v) is 5.45. The van der Waals surface area contributed by atoms with Crippen molar-refractivity contribution in [3.05, 3.63) is 71.0 Å². The number of aryl methyl sites for hydroxylation is 1. The van der Waals surface area contributed by atoms with E-state index in [0.717, 1.165) is 17.5 Å². The first kappa shape index (κ1) is 15.7. The fraction of sp³-hybridized carbons (Fsp3) is 0.333. The molecule has 3 heteroatoms. The zero-order chi connectivity index (χ0) is 15.3. The van der Waals surface area contributed by atoms with Crippen molar-refractivity contribution < 1.29 is 14.6 Å².